The Morgan fingerprint density at radius 2 is 1.89 bits per heavy atom. The van der Waals surface area contributed by atoms with Crippen LogP contribution in [0.2, 0.25) is 0 Å². The first-order valence-corrected chi connectivity index (χ1v) is 7.47. The minimum atomic E-state index is -0.165. The molecule has 2 aromatic rings. The van der Waals surface area contributed by atoms with Crippen LogP contribution in [-0.4, -0.2) is 16.5 Å². The molecule has 4 nitrogen and oxygen atoms in total. The van der Waals surface area contributed by atoms with Gasteiger partial charge in [-0.2, -0.15) is 0 Å². The number of nitrogens with one attached hydrogen (secondary N) is 3. The second-order valence-electron chi connectivity index (χ2n) is 5.17. The fourth-order valence-electron chi connectivity index (χ4n) is 2.32. The lowest BCUT2D eigenvalue weighted by Crippen LogP contribution is -2.26. The van der Waals surface area contributed by atoms with Gasteiger partial charge in [0.15, 0.2) is 0 Å². The van der Waals surface area contributed by atoms with Crippen LogP contribution in [-0.2, 0) is 0 Å². The van der Waals surface area contributed by atoms with Crippen LogP contribution in [0.3, 0.4) is 0 Å². The molecule has 5 heteroatoms. The van der Waals surface area contributed by atoms with E-state index in [4.69, 9.17) is 0 Å². The molecule has 0 spiro atoms. The lowest BCUT2D eigenvalue weighted by Gasteiger charge is -2.24. The van der Waals surface area contributed by atoms with E-state index in [2.05, 4.69) is 52.0 Å². The maximum absolute atomic E-state index is 11.3. The SMILES string of the molecule is CCCNC(c1cc2[nH]c(=O)[nH]c2cc1Br)C(C)C. The lowest BCUT2D eigenvalue weighted by molar-refractivity contribution is 0.412. The van der Waals surface area contributed by atoms with Gasteiger partial charge in [0.05, 0.1) is 11.0 Å². The van der Waals surface area contributed by atoms with Gasteiger partial charge in [-0.25, -0.2) is 4.79 Å². The van der Waals surface area contributed by atoms with E-state index in [0.29, 0.717) is 5.92 Å². The Labute approximate surface area is 121 Å². The third kappa shape index (κ3) is 3.09. The van der Waals surface area contributed by atoms with E-state index in [1.165, 1.54) is 5.56 Å². The molecule has 1 aromatic heterocycles. The number of imidazole rings is 1. The number of H-pyrrole nitrogens is 2. The molecule has 1 aromatic carbocycles. The molecule has 0 radical (unpaired) electrons. The van der Waals surface area contributed by atoms with Crippen LogP contribution in [0.15, 0.2) is 21.4 Å². The molecule has 0 bridgehead atoms. The zero-order valence-corrected chi connectivity index (χ0v) is 13.1. The molecule has 104 valence electrons. The fraction of sp³-hybridized carbons (Fsp3) is 0.500. The maximum Gasteiger partial charge on any atom is 0.323 e. The van der Waals surface area contributed by atoms with Crippen LogP contribution < -0.4 is 11.0 Å². The van der Waals surface area contributed by atoms with Gasteiger partial charge in [-0.05, 0) is 36.6 Å². The van der Waals surface area contributed by atoms with Crippen LogP contribution in [0.4, 0.5) is 0 Å². The van der Waals surface area contributed by atoms with E-state index < -0.39 is 0 Å². The number of hydrogen-bond donors (Lipinski definition) is 3. The molecule has 1 atom stereocenters. The van der Waals surface area contributed by atoms with Crippen LogP contribution in [0.5, 0.6) is 0 Å². The molecule has 1 heterocycles. The highest BCUT2D eigenvalue weighted by Crippen LogP contribution is 2.31. The van der Waals surface area contributed by atoms with Gasteiger partial charge in [0.2, 0.25) is 0 Å². The van der Waals surface area contributed by atoms with Crippen molar-refractivity contribution in [3.63, 3.8) is 0 Å². The molecule has 19 heavy (non-hydrogen) atoms. The highest BCUT2D eigenvalue weighted by atomic mass is 79.9. The van der Waals surface area contributed by atoms with Crippen molar-refractivity contribution in [1.82, 2.24) is 15.3 Å². The Hall–Kier alpha value is -1.07. The van der Waals surface area contributed by atoms with Crippen molar-refractivity contribution in [1.29, 1.82) is 0 Å². The standard InChI is InChI=1S/C14H20BrN3O/c1-4-5-16-13(8(2)3)9-6-11-12(7-10(9)15)18-14(19)17-11/h6-8,13,16H,4-5H2,1-3H3,(H2,17,18,19). The molecule has 0 aliphatic carbocycles. The van der Waals surface area contributed by atoms with E-state index in [0.717, 1.165) is 28.5 Å². The topological polar surface area (TPSA) is 60.7 Å². The van der Waals surface area contributed by atoms with Crippen molar-refractivity contribution < 1.29 is 0 Å². The summed E-state index contributed by atoms with van der Waals surface area (Å²) in [5.74, 6) is 0.478. The third-order valence-corrected chi connectivity index (χ3v) is 3.94. The Balaban J connectivity index is 2.45. The van der Waals surface area contributed by atoms with Crippen molar-refractivity contribution in [3.05, 3.63) is 32.7 Å². The first-order chi connectivity index (χ1) is 9.02. The van der Waals surface area contributed by atoms with Gasteiger partial charge in [0.1, 0.15) is 0 Å². The summed E-state index contributed by atoms with van der Waals surface area (Å²) in [7, 11) is 0. The van der Waals surface area contributed by atoms with Gasteiger partial charge in [-0.15, -0.1) is 0 Å². The van der Waals surface area contributed by atoms with Gasteiger partial charge in [0, 0.05) is 10.5 Å². The highest BCUT2D eigenvalue weighted by molar-refractivity contribution is 9.10. The number of fused-ring (bicyclic) bond motifs is 1. The van der Waals surface area contributed by atoms with E-state index in [1.54, 1.807) is 0 Å². The number of rotatable bonds is 5. The van der Waals surface area contributed by atoms with Crippen LogP contribution >= 0.6 is 15.9 Å². The summed E-state index contributed by atoms with van der Waals surface area (Å²) < 4.78 is 1.03. The summed E-state index contributed by atoms with van der Waals surface area (Å²) in [6.07, 6.45) is 1.10. The molecule has 0 saturated heterocycles. The van der Waals surface area contributed by atoms with E-state index in [-0.39, 0.29) is 11.7 Å². The number of halogens is 1. The smallest absolute Gasteiger partial charge is 0.310 e. The normalized spacial score (nSPS) is 13.3. The van der Waals surface area contributed by atoms with Gasteiger partial charge < -0.3 is 15.3 Å². The summed E-state index contributed by atoms with van der Waals surface area (Å²) in [5.41, 5.74) is 2.71. The molecular weight excluding hydrogens is 306 g/mol. The number of hydrogen-bond acceptors (Lipinski definition) is 2. The quantitative estimate of drug-likeness (QED) is 0.789. The maximum atomic E-state index is 11.3. The predicted octanol–water partition coefficient (Wildman–Crippen LogP) is 3.32. The van der Waals surface area contributed by atoms with Crippen molar-refractivity contribution in [2.45, 2.75) is 33.2 Å². The monoisotopic (exact) mass is 325 g/mol. The van der Waals surface area contributed by atoms with Crippen LogP contribution in [0.1, 0.15) is 38.8 Å². The first-order valence-electron chi connectivity index (χ1n) is 6.67. The Morgan fingerprint density at radius 3 is 2.47 bits per heavy atom. The molecule has 0 aliphatic rings. The third-order valence-electron chi connectivity index (χ3n) is 3.25. The van der Waals surface area contributed by atoms with Gasteiger partial charge >= 0.3 is 5.69 Å². The fourth-order valence-corrected chi connectivity index (χ4v) is 2.91. The highest BCUT2D eigenvalue weighted by Gasteiger charge is 2.18. The summed E-state index contributed by atoms with van der Waals surface area (Å²) in [6, 6.07) is 4.29. The van der Waals surface area contributed by atoms with E-state index >= 15 is 0 Å². The molecule has 0 fully saturated rings. The van der Waals surface area contributed by atoms with Crippen molar-refractivity contribution >= 4 is 27.0 Å². The zero-order valence-electron chi connectivity index (χ0n) is 11.5. The average molecular weight is 326 g/mol. The van der Waals surface area contributed by atoms with Gasteiger partial charge in [-0.3, -0.25) is 0 Å². The Morgan fingerprint density at radius 1 is 1.26 bits per heavy atom. The zero-order chi connectivity index (χ0) is 14.0. The Kier molecular flexibility index (Phi) is 4.47. The van der Waals surface area contributed by atoms with Crippen LogP contribution in [0, 0.1) is 5.92 Å². The Bertz CT molecular complexity index is 615. The van der Waals surface area contributed by atoms with Crippen LogP contribution in [0.25, 0.3) is 11.0 Å². The summed E-state index contributed by atoms with van der Waals surface area (Å²) >= 11 is 3.61. The molecule has 0 saturated carbocycles. The lowest BCUT2D eigenvalue weighted by atomic mass is 9.95. The second kappa shape index (κ2) is 5.92. The molecular formula is C14H20BrN3O. The number of benzene rings is 1. The number of aromatic nitrogens is 2. The van der Waals surface area contributed by atoms with Crippen molar-refractivity contribution in [2.24, 2.45) is 5.92 Å². The predicted molar refractivity (Wildman–Crippen MR) is 82.5 cm³/mol. The summed E-state index contributed by atoms with van der Waals surface area (Å²) in [4.78, 5) is 16.9. The molecule has 3 N–H and O–H groups in total. The largest absolute Gasteiger partial charge is 0.323 e. The van der Waals surface area contributed by atoms with Crippen molar-refractivity contribution in [3.8, 4) is 0 Å². The number of aromatic amines is 2. The minimum absolute atomic E-state index is 0.165. The van der Waals surface area contributed by atoms with E-state index in [1.807, 2.05) is 12.1 Å². The second-order valence-corrected chi connectivity index (χ2v) is 6.03. The average Bonchev–Trinajstić information content (AvgIpc) is 2.68. The molecule has 1 unspecified atom stereocenters. The first kappa shape index (κ1) is 14.3. The minimum Gasteiger partial charge on any atom is -0.310 e. The van der Waals surface area contributed by atoms with E-state index in [9.17, 15) is 4.79 Å². The van der Waals surface area contributed by atoms with Gasteiger partial charge in [-0.1, -0.05) is 36.7 Å². The molecule has 2 rings (SSSR count). The molecule has 0 aliphatic heterocycles. The van der Waals surface area contributed by atoms with Gasteiger partial charge in [0.25, 0.3) is 0 Å². The summed E-state index contributed by atoms with van der Waals surface area (Å²) in [5, 5.41) is 3.57. The molecule has 0 amide bonds. The summed E-state index contributed by atoms with van der Waals surface area (Å²) in [6.45, 7) is 7.54. The van der Waals surface area contributed by atoms with Crippen molar-refractivity contribution in [2.75, 3.05) is 6.54 Å².